The van der Waals surface area contributed by atoms with Crippen LogP contribution in [0.3, 0.4) is 0 Å². The first kappa shape index (κ1) is 16.7. The third-order valence-electron chi connectivity index (χ3n) is 5.36. The van der Waals surface area contributed by atoms with E-state index < -0.39 is 0 Å². The van der Waals surface area contributed by atoms with E-state index in [4.69, 9.17) is 16.3 Å². The third kappa shape index (κ3) is 3.39. The number of piperidine rings is 1. The van der Waals surface area contributed by atoms with Gasteiger partial charge >= 0.3 is 0 Å². The Kier molecular flexibility index (Phi) is 4.95. The maximum absolute atomic E-state index is 13.0. The van der Waals surface area contributed by atoms with Gasteiger partial charge in [-0.2, -0.15) is 0 Å². The summed E-state index contributed by atoms with van der Waals surface area (Å²) in [6.45, 7) is 5.78. The summed E-state index contributed by atoms with van der Waals surface area (Å²) in [4.78, 5) is 17.3. The molecule has 2 aliphatic rings. The quantitative estimate of drug-likeness (QED) is 0.846. The van der Waals surface area contributed by atoms with Crippen LogP contribution in [0.4, 0.5) is 5.69 Å². The number of hydrogen-bond donors (Lipinski definition) is 0. The van der Waals surface area contributed by atoms with Crippen LogP contribution in [-0.2, 0) is 9.53 Å². The second-order valence-electron chi connectivity index (χ2n) is 6.81. The van der Waals surface area contributed by atoms with E-state index in [0.717, 1.165) is 51.1 Å². The van der Waals surface area contributed by atoms with Gasteiger partial charge in [-0.1, -0.05) is 17.7 Å². The van der Waals surface area contributed by atoms with Crippen molar-refractivity contribution >= 4 is 23.2 Å². The van der Waals surface area contributed by atoms with Gasteiger partial charge in [-0.25, -0.2) is 0 Å². The molecule has 2 saturated heterocycles. The summed E-state index contributed by atoms with van der Waals surface area (Å²) in [6.07, 6.45) is 3.08. The van der Waals surface area contributed by atoms with Crippen LogP contribution in [0.2, 0.25) is 5.02 Å². The van der Waals surface area contributed by atoms with Crippen molar-refractivity contribution < 1.29 is 9.53 Å². The molecule has 2 aliphatic heterocycles. The van der Waals surface area contributed by atoms with Gasteiger partial charge in [-0.3, -0.25) is 4.79 Å². The lowest BCUT2D eigenvalue weighted by Gasteiger charge is -2.38. The number of nitrogens with zero attached hydrogens (tertiary/aromatic N) is 2. The Morgan fingerprint density at radius 3 is 2.61 bits per heavy atom. The molecule has 23 heavy (non-hydrogen) atoms. The summed E-state index contributed by atoms with van der Waals surface area (Å²) in [7, 11) is 1.75. The van der Waals surface area contributed by atoms with E-state index in [9.17, 15) is 4.79 Å². The predicted molar refractivity (Wildman–Crippen MR) is 93.0 cm³/mol. The lowest BCUT2D eigenvalue weighted by atomic mass is 9.77. The van der Waals surface area contributed by atoms with Crippen molar-refractivity contribution in [3.8, 4) is 0 Å². The molecule has 1 aromatic rings. The SMILES string of the molecule is COC(C)CN1CCC2(CC1)CCN(c1cccc(Cl)c1)C2=O. The zero-order valence-electron chi connectivity index (χ0n) is 13.9. The van der Waals surface area contributed by atoms with Crippen LogP contribution >= 0.6 is 11.6 Å². The van der Waals surface area contributed by atoms with Crippen molar-refractivity contribution in [1.29, 1.82) is 0 Å². The summed E-state index contributed by atoms with van der Waals surface area (Å²) < 4.78 is 5.35. The number of benzene rings is 1. The Bertz CT molecular complexity index is 570. The monoisotopic (exact) mass is 336 g/mol. The van der Waals surface area contributed by atoms with Gasteiger partial charge in [0.2, 0.25) is 5.91 Å². The molecule has 0 aliphatic carbocycles. The lowest BCUT2D eigenvalue weighted by Crippen LogP contribution is -2.46. The van der Waals surface area contributed by atoms with Gasteiger partial charge in [-0.15, -0.1) is 0 Å². The minimum absolute atomic E-state index is 0.172. The Hall–Kier alpha value is -1.10. The van der Waals surface area contributed by atoms with Gasteiger partial charge in [-0.05, 0) is 57.5 Å². The molecule has 126 valence electrons. The average Bonchev–Trinajstić information content (AvgIpc) is 2.86. The Morgan fingerprint density at radius 1 is 1.26 bits per heavy atom. The second kappa shape index (κ2) is 6.80. The zero-order chi connectivity index (χ0) is 16.4. The van der Waals surface area contributed by atoms with Crippen molar-refractivity contribution in [3.63, 3.8) is 0 Å². The summed E-state index contributed by atoms with van der Waals surface area (Å²) in [5.74, 6) is 0.277. The maximum atomic E-state index is 13.0. The van der Waals surface area contributed by atoms with Crippen LogP contribution in [0.1, 0.15) is 26.2 Å². The standard InChI is InChI=1S/C18H25ClN2O2/c1-14(23-2)13-20-9-6-18(7-10-20)8-11-21(17(18)22)16-5-3-4-15(19)12-16/h3-5,12,14H,6-11,13H2,1-2H3. The first-order valence-electron chi connectivity index (χ1n) is 8.37. The molecule has 5 heteroatoms. The average molecular weight is 337 g/mol. The molecule has 0 aromatic heterocycles. The van der Waals surface area contributed by atoms with E-state index in [0.29, 0.717) is 5.02 Å². The normalized spacial score (nSPS) is 22.7. The number of rotatable bonds is 4. The molecule has 0 N–H and O–H groups in total. The van der Waals surface area contributed by atoms with Gasteiger partial charge in [0.05, 0.1) is 11.5 Å². The van der Waals surface area contributed by atoms with Crippen LogP contribution in [-0.4, -0.2) is 50.2 Å². The second-order valence-corrected chi connectivity index (χ2v) is 7.25. The highest BCUT2D eigenvalue weighted by atomic mass is 35.5. The fourth-order valence-electron chi connectivity index (χ4n) is 3.78. The molecule has 1 unspecified atom stereocenters. The largest absolute Gasteiger partial charge is 0.380 e. The summed E-state index contributed by atoms with van der Waals surface area (Å²) >= 11 is 6.07. The molecule has 0 radical (unpaired) electrons. The van der Waals surface area contributed by atoms with E-state index in [1.54, 1.807) is 7.11 Å². The van der Waals surface area contributed by atoms with Crippen molar-refractivity contribution in [1.82, 2.24) is 4.90 Å². The maximum Gasteiger partial charge on any atom is 0.233 e. The Morgan fingerprint density at radius 2 is 1.96 bits per heavy atom. The molecule has 0 saturated carbocycles. The molecule has 2 fully saturated rings. The van der Waals surface area contributed by atoms with Crippen LogP contribution in [0, 0.1) is 5.41 Å². The number of methoxy groups -OCH3 is 1. The fourth-order valence-corrected chi connectivity index (χ4v) is 3.96. The first-order chi connectivity index (χ1) is 11.0. The Balaban J connectivity index is 1.65. The molecule has 4 nitrogen and oxygen atoms in total. The van der Waals surface area contributed by atoms with E-state index in [-0.39, 0.29) is 17.4 Å². The number of halogens is 1. The van der Waals surface area contributed by atoms with Crippen LogP contribution in [0.15, 0.2) is 24.3 Å². The molecule has 1 amide bonds. The van der Waals surface area contributed by atoms with Crippen LogP contribution < -0.4 is 4.90 Å². The lowest BCUT2D eigenvalue weighted by molar-refractivity contribution is -0.128. The van der Waals surface area contributed by atoms with Crippen molar-refractivity contribution in [2.45, 2.75) is 32.3 Å². The summed E-state index contributed by atoms with van der Waals surface area (Å²) in [6, 6.07) is 7.60. The molecular formula is C18H25ClN2O2. The fraction of sp³-hybridized carbons (Fsp3) is 0.611. The molecular weight excluding hydrogens is 312 g/mol. The highest BCUT2D eigenvalue weighted by Crippen LogP contribution is 2.43. The van der Waals surface area contributed by atoms with E-state index >= 15 is 0 Å². The van der Waals surface area contributed by atoms with Crippen molar-refractivity contribution in [2.75, 3.05) is 38.2 Å². The van der Waals surface area contributed by atoms with Crippen molar-refractivity contribution in [3.05, 3.63) is 29.3 Å². The highest BCUT2D eigenvalue weighted by molar-refractivity contribution is 6.31. The summed E-state index contributed by atoms with van der Waals surface area (Å²) in [5, 5.41) is 0.680. The van der Waals surface area contributed by atoms with Crippen molar-refractivity contribution in [2.24, 2.45) is 5.41 Å². The van der Waals surface area contributed by atoms with Gasteiger partial charge in [0.1, 0.15) is 0 Å². The number of likely N-dealkylation sites (tertiary alicyclic amines) is 1. The molecule has 1 atom stereocenters. The first-order valence-corrected chi connectivity index (χ1v) is 8.74. The van der Waals surface area contributed by atoms with E-state index in [1.807, 2.05) is 29.2 Å². The molecule has 1 spiro atoms. The smallest absolute Gasteiger partial charge is 0.233 e. The highest BCUT2D eigenvalue weighted by Gasteiger charge is 2.48. The van der Waals surface area contributed by atoms with Gasteiger partial charge in [0.15, 0.2) is 0 Å². The number of carbonyl (C=O) groups is 1. The third-order valence-corrected chi connectivity index (χ3v) is 5.60. The predicted octanol–water partition coefficient (Wildman–Crippen LogP) is 3.19. The number of amides is 1. The number of ether oxygens (including phenoxy) is 1. The minimum Gasteiger partial charge on any atom is -0.380 e. The Labute approximate surface area is 143 Å². The van der Waals surface area contributed by atoms with Crippen LogP contribution in [0.25, 0.3) is 0 Å². The van der Waals surface area contributed by atoms with Gasteiger partial charge in [0.25, 0.3) is 0 Å². The van der Waals surface area contributed by atoms with Crippen LogP contribution in [0.5, 0.6) is 0 Å². The number of carbonyl (C=O) groups excluding carboxylic acids is 1. The molecule has 2 heterocycles. The molecule has 1 aromatic carbocycles. The number of anilines is 1. The van der Waals surface area contributed by atoms with Gasteiger partial charge in [0, 0.05) is 30.9 Å². The molecule has 0 bridgehead atoms. The van der Waals surface area contributed by atoms with E-state index in [2.05, 4.69) is 11.8 Å². The minimum atomic E-state index is -0.172. The topological polar surface area (TPSA) is 32.8 Å². The number of hydrogen-bond acceptors (Lipinski definition) is 3. The zero-order valence-corrected chi connectivity index (χ0v) is 14.7. The van der Waals surface area contributed by atoms with E-state index in [1.165, 1.54) is 0 Å². The van der Waals surface area contributed by atoms with Gasteiger partial charge < -0.3 is 14.5 Å². The molecule has 3 rings (SSSR count). The summed E-state index contributed by atoms with van der Waals surface area (Å²) in [5.41, 5.74) is 0.754.